The number of nitro groups is 1. The molecule has 0 aliphatic heterocycles. The molecule has 0 fully saturated rings. The highest BCUT2D eigenvalue weighted by Gasteiger charge is 2.18. The van der Waals surface area contributed by atoms with Crippen molar-refractivity contribution in [3.8, 4) is 11.6 Å². The molecule has 0 saturated carbocycles. The van der Waals surface area contributed by atoms with E-state index < -0.39 is 4.92 Å². The average Bonchev–Trinajstić information content (AvgIpc) is 2.34. The number of benzene rings is 1. The van der Waals surface area contributed by atoms with Crippen LogP contribution in [0.3, 0.4) is 0 Å². The molecule has 0 N–H and O–H groups in total. The molecule has 0 spiro atoms. The zero-order valence-corrected chi connectivity index (χ0v) is 11.2. The summed E-state index contributed by atoms with van der Waals surface area (Å²) < 4.78 is 5.85. The van der Waals surface area contributed by atoms with Gasteiger partial charge in [0.05, 0.1) is 9.95 Å². The standard InChI is InChI=1S/C11H6BrClN2O3/c12-7-5-9(15(16)17)11(14-6-7)18-10-4-2-1-3-8(10)13/h1-6H. The van der Waals surface area contributed by atoms with E-state index in [0.29, 0.717) is 15.2 Å². The predicted molar refractivity (Wildman–Crippen MR) is 70.1 cm³/mol. The van der Waals surface area contributed by atoms with Crippen LogP contribution in [0.15, 0.2) is 41.0 Å². The lowest BCUT2D eigenvalue weighted by atomic mass is 10.3. The zero-order valence-electron chi connectivity index (χ0n) is 8.84. The van der Waals surface area contributed by atoms with Crippen molar-refractivity contribution in [3.05, 3.63) is 56.1 Å². The van der Waals surface area contributed by atoms with Crippen LogP contribution in [0.5, 0.6) is 11.6 Å². The number of halogens is 2. The molecule has 1 heterocycles. The van der Waals surface area contributed by atoms with E-state index in [4.69, 9.17) is 16.3 Å². The fourth-order valence-electron chi connectivity index (χ4n) is 1.26. The molecule has 2 rings (SSSR count). The minimum absolute atomic E-state index is 0.101. The Morgan fingerprint density at radius 3 is 2.78 bits per heavy atom. The van der Waals surface area contributed by atoms with Gasteiger partial charge in [0.2, 0.25) is 0 Å². The van der Waals surface area contributed by atoms with E-state index in [2.05, 4.69) is 20.9 Å². The summed E-state index contributed by atoms with van der Waals surface area (Å²) in [5, 5.41) is 11.2. The quantitative estimate of drug-likeness (QED) is 0.625. The number of hydrogen-bond donors (Lipinski definition) is 0. The van der Waals surface area contributed by atoms with Crippen molar-refractivity contribution < 1.29 is 9.66 Å². The van der Waals surface area contributed by atoms with Gasteiger partial charge in [0.1, 0.15) is 5.75 Å². The number of para-hydroxylation sites is 1. The molecule has 1 aromatic carbocycles. The second kappa shape index (κ2) is 5.32. The molecule has 0 amide bonds. The minimum atomic E-state index is -0.566. The van der Waals surface area contributed by atoms with Crippen molar-refractivity contribution in [2.45, 2.75) is 0 Å². The highest BCUT2D eigenvalue weighted by molar-refractivity contribution is 9.10. The van der Waals surface area contributed by atoms with Gasteiger partial charge in [-0.15, -0.1) is 0 Å². The van der Waals surface area contributed by atoms with Gasteiger partial charge in [-0.05, 0) is 28.1 Å². The van der Waals surface area contributed by atoms with Crippen molar-refractivity contribution in [2.75, 3.05) is 0 Å². The predicted octanol–water partition coefficient (Wildman–Crippen LogP) is 4.20. The first-order chi connectivity index (χ1) is 8.58. The van der Waals surface area contributed by atoms with E-state index in [-0.39, 0.29) is 11.6 Å². The van der Waals surface area contributed by atoms with E-state index in [1.54, 1.807) is 24.3 Å². The molecule has 92 valence electrons. The molecular formula is C11H6BrClN2O3. The lowest BCUT2D eigenvalue weighted by Gasteiger charge is -2.06. The molecule has 0 atom stereocenters. The molecule has 1 aromatic heterocycles. The highest BCUT2D eigenvalue weighted by Crippen LogP contribution is 2.34. The number of pyridine rings is 1. The number of aromatic nitrogens is 1. The summed E-state index contributed by atoms with van der Waals surface area (Å²) in [5.74, 6) is 0.216. The van der Waals surface area contributed by atoms with Crippen LogP contribution in [-0.2, 0) is 0 Å². The smallest absolute Gasteiger partial charge is 0.332 e. The normalized spacial score (nSPS) is 10.1. The number of rotatable bonds is 3. The van der Waals surface area contributed by atoms with E-state index in [1.807, 2.05) is 0 Å². The zero-order chi connectivity index (χ0) is 13.1. The second-order valence-electron chi connectivity index (χ2n) is 3.27. The molecule has 0 radical (unpaired) electrons. The van der Waals surface area contributed by atoms with Crippen molar-refractivity contribution in [1.82, 2.24) is 4.98 Å². The first kappa shape index (κ1) is 12.8. The molecule has 2 aromatic rings. The maximum absolute atomic E-state index is 10.9. The van der Waals surface area contributed by atoms with Crippen molar-refractivity contribution in [3.63, 3.8) is 0 Å². The molecule has 5 nitrogen and oxygen atoms in total. The van der Waals surface area contributed by atoms with Crippen LogP contribution in [0.1, 0.15) is 0 Å². The number of hydrogen-bond acceptors (Lipinski definition) is 4. The largest absolute Gasteiger partial charge is 0.432 e. The molecule has 7 heteroatoms. The number of nitrogens with zero attached hydrogens (tertiary/aromatic N) is 2. The fraction of sp³-hybridized carbons (Fsp3) is 0. The van der Waals surface area contributed by atoms with Crippen LogP contribution < -0.4 is 4.74 Å². The Morgan fingerprint density at radius 2 is 2.11 bits per heavy atom. The van der Waals surface area contributed by atoms with Crippen LogP contribution >= 0.6 is 27.5 Å². The van der Waals surface area contributed by atoms with Crippen LogP contribution in [-0.4, -0.2) is 9.91 Å². The van der Waals surface area contributed by atoms with Crippen molar-refractivity contribution in [2.24, 2.45) is 0 Å². The SMILES string of the molecule is O=[N+]([O-])c1cc(Br)cnc1Oc1ccccc1Cl. The Morgan fingerprint density at radius 1 is 1.39 bits per heavy atom. The Bertz CT molecular complexity index is 607. The van der Waals surface area contributed by atoms with E-state index in [1.165, 1.54) is 12.3 Å². The van der Waals surface area contributed by atoms with Crippen LogP contribution in [0.25, 0.3) is 0 Å². The minimum Gasteiger partial charge on any atom is -0.432 e. The lowest BCUT2D eigenvalue weighted by Crippen LogP contribution is -1.96. The van der Waals surface area contributed by atoms with Gasteiger partial charge < -0.3 is 4.74 Å². The van der Waals surface area contributed by atoms with Gasteiger partial charge in [0, 0.05) is 16.7 Å². The Kier molecular flexibility index (Phi) is 3.78. The summed E-state index contributed by atoms with van der Waals surface area (Å²) in [5.41, 5.74) is -0.232. The number of ether oxygens (including phenoxy) is 1. The third kappa shape index (κ3) is 2.77. The first-order valence-corrected chi connectivity index (χ1v) is 5.97. The third-order valence-electron chi connectivity index (χ3n) is 2.04. The summed E-state index contributed by atoms with van der Waals surface area (Å²) in [4.78, 5) is 14.2. The van der Waals surface area contributed by atoms with Gasteiger partial charge in [-0.2, -0.15) is 0 Å². The Hall–Kier alpha value is -1.66. The van der Waals surface area contributed by atoms with Crippen LogP contribution in [0.4, 0.5) is 5.69 Å². The third-order valence-corrected chi connectivity index (χ3v) is 2.78. The van der Waals surface area contributed by atoms with Gasteiger partial charge >= 0.3 is 5.69 Å². The summed E-state index contributed by atoms with van der Waals surface area (Å²) in [6.45, 7) is 0. The summed E-state index contributed by atoms with van der Waals surface area (Å²) >= 11 is 9.02. The lowest BCUT2D eigenvalue weighted by molar-refractivity contribution is -0.386. The first-order valence-electron chi connectivity index (χ1n) is 4.80. The maximum Gasteiger partial charge on any atom is 0.332 e. The summed E-state index contributed by atoms with van der Waals surface area (Å²) in [6.07, 6.45) is 1.42. The van der Waals surface area contributed by atoms with Gasteiger partial charge in [-0.25, -0.2) is 4.98 Å². The fourth-order valence-corrected chi connectivity index (χ4v) is 1.75. The Balaban J connectivity index is 2.41. The molecule has 0 saturated heterocycles. The Labute approximate surface area is 116 Å². The average molecular weight is 330 g/mol. The summed E-state index contributed by atoms with van der Waals surface area (Å²) in [6, 6.07) is 8.00. The monoisotopic (exact) mass is 328 g/mol. The molecular weight excluding hydrogens is 323 g/mol. The van der Waals surface area contributed by atoms with Gasteiger partial charge in [0.15, 0.2) is 0 Å². The van der Waals surface area contributed by atoms with Crippen molar-refractivity contribution >= 4 is 33.2 Å². The van der Waals surface area contributed by atoms with Gasteiger partial charge in [-0.3, -0.25) is 10.1 Å². The van der Waals surface area contributed by atoms with Crippen LogP contribution in [0.2, 0.25) is 5.02 Å². The van der Waals surface area contributed by atoms with E-state index >= 15 is 0 Å². The van der Waals surface area contributed by atoms with Gasteiger partial charge in [0.25, 0.3) is 5.88 Å². The molecule has 0 bridgehead atoms. The molecule has 0 aliphatic rings. The summed E-state index contributed by atoms with van der Waals surface area (Å²) in [7, 11) is 0. The topological polar surface area (TPSA) is 65.3 Å². The van der Waals surface area contributed by atoms with Crippen LogP contribution in [0, 0.1) is 10.1 Å². The van der Waals surface area contributed by atoms with E-state index in [0.717, 1.165) is 0 Å². The molecule has 0 unspecified atom stereocenters. The van der Waals surface area contributed by atoms with Gasteiger partial charge in [-0.1, -0.05) is 23.7 Å². The van der Waals surface area contributed by atoms with Crippen molar-refractivity contribution in [1.29, 1.82) is 0 Å². The van der Waals surface area contributed by atoms with E-state index in [9.17, 15) is 10.1 Å². The highest BCUT2D eigenvalue weighted by atomic mass is 79.9. The molecule has 0 aliphatic carbocycles. The second-order valence-corrected chi connectivity index (χ2v) is 4.59. The maximum atomic E-state index is 10.9. The molecule has 18 heavy (non-hydrogen) atoms.